The summed E-state index contributed by atoms with van der Waals surface area (Å²) in [6.07, 6.45) is 0.816. The molecule has 1 amide bonds. The Hall–Kier alpha value is -1.85. The molecule has 1 N–H and O–H groups in total. The van der Waals surface area contributed by atoms with Crippen LogP contribution in [-0.2, 0) is 14.8 Å². The zero-order chi connectivity index (χ0) is 21.3. The fourth-order valence-corrected chi connectivity index (χ4v) is 6.48. The molecule has 0 bridgehead atoms. The van der Waals surface area contributed by atoms with Crippen molar-refractivity contribution >= 4 is 55.3 Å². The van der Waals surface area contributed by atoms with Gasteiger partial charge in [-0.3, -0.25) is 4.79 Å². The van der Waals surface area contributed by atoms with Gasteiger partial charge in [-0.1, -0.05) is 11.6 Å². The maximum absolute atomic E-state index is 13.1. The molecule has 4 rings (SSSR count). The number of rotatable bonds is 5. The SMILES string of the molecule is O=C(Nc1nc(-c2ccc(Cl)s2)cs1)C1CCN(S(=O)(=O)c2ccc(F)cc2)CC1. The van der Waals surface area contributed by atoms with Crippen molar-refractivity contribution in [3.05, 3.63) is 51.9 Å². The monoisotopic (exact) mass is 485 g/mol. The molecule has 0 saturated carbocycles. The third-order valence-corrected chi connectivity index (χ3v) is 8.76. The first-order valence-electron chi connectivity index (χ1n) is 9.11. The number of aromatic nitrogens is 1. The van der Waals surface area contributed by atoms with Crippen molar-refractivity contribution < 1.29 is 17.6 Å². The van der Waals surface area contributed by atoms with Gasteiger partial charge < -0.3 is 5.32 Å². The molecule has 1 saturated heterocycles. The Kier molecular flexibility index (Phi) is 6.21. The molecule has 0 aliphatic carbocycles. The molecule has 2 aromatic heterocycles. The van der Waals surface area contributed by atoms with Crippen LogP contribution in [-0.4, -0.2) is 36.7 Å². The number of sulfonamides is 1. The molecule has 30 heavy (non-hydrogen) atoms. The highest BCUT2D eigenvalue weighted by Crippen LogP contribution is 2.33. The summed E-state index contributed by atoms with van der Waals surface area (Å²) in [5.74, 6) is -0.955. The number of thiazole rings is 1. The summed E-state index contributed by atoms with van der Waals surface area (Å²) in [5.41, 5.74) is 0.757. The summed E-state index contributed by atoms with van der Waals surface area (Å²) in [6.45, 7) is 0.462. The molecular formula is C19H17ClFN3O3S3. The van der Waals surface area contributed by atoms with Crippen LogP contribution in [0.4, 0.5) is 9.52 Å². The van der Waals surface area contributed by atoms with Crippen molar-refractivity contribution in [2.75, 3.05) is 18.4 Å². The van der Waals surface area contributed by atoms with E-state index in [1.54, 1.807) is 6.07 Å². The van der Waals surface area contributed by atoms with Gasteiger partial charge in [-0.25, -0.2) is 17.8 Å². The average Bonchev–Trinajstić information content (AvgIpc) is 3.37. The van der Waals surface area contributed by atoms with E-state index in [-0.39, 0.29) is 29.8 Å². The quantitative estimate of drug-likeness (QED) is 0.568. The number of halogens is 2. The number of thiophene rings is 1. The van der Waals surface area contributed by atoms with E-state index in [9.17, 15) is 17.6 Å². The maximum atomic E-state index is 13.1. The predicted octanol–water partition coefficient (Wildman–Crippen LogP) is 4.70. The highest BCUT2D eigenvalue weighted by Gasteiger charge is 2.32. The molecule has 1 aliphatic heterocycles. The molecule has 0 atom stereocenters. The number of hydrogen-bond donors (Lipinski definition) is 1. The van der Waals surface area contributed by atoms with Crippen LogP contribution >= 0.6 is 34.3 Å². The Bertz CT molecular complexity index is 1150. The molecule has 6 nitrogen and oxygen atoms in total. The van der Waals surface area contributed by atoms with Crippen LogP contribution in [0.3, 0.4) is 0 Å². The first-order chi connectivity index (χ1) is 14.3. The molecule has 3 heterocycles. The summed E-state index contributed by atoms with van der Waals surface area (Å²) < 4.78 is 40.5. The van der Waals surface area contributed by atoms with Crippen LogP contribution < -0.4 is 5.32 Å². The lowest BCUT2D eigenvalue weighted by Crippen LogP contribution is -2.41. The minimum atomic E-state index is -3.70. The highest BCUT2D eigenvalue weighted by atomic mass is 35.5. The lowest BCUT2D eigenvalue weighted by Gasteiger charge is -2.30. The minimum absolute atomic E-state index is 0.0517. The number of hydrogen-bond acceptors (Lipinski definition) is 6. The van der Waals surface area contributed by atoms with E-state index in [4.69, 9.17) is 11.6 Å². The lowest BCUT2D eigenvalue weighted by atomic mass is 9.97. The van der Waals surface area contributed by atoms with Gasteiger partial charge in [0.2, 0.25) is 15.9 Å². The number of amides is 1. The van der Waals surface area contributed by atoms with Gasteiger partial charge in [-0.2, -0.15) is 4.31 Å². The summed E-state index contributed by atoms with van der Waals surface area (Å²) in [7, 11) is -3.70. The Morgan fingerprint density at radius 3 is 2.50 bits per heavy atom. The molecule has 1 fully saturated rings. The van der Waals surface area contributed by atoms with Crippen LogP contribution in [0.2, 0.25) is 4.34 Å². The van der Waals surface area contributed by atoms with Crippen LogP contribution in [0.15, 0.2) is 46.7 Å². The first-order valence-corrected chi connectivity index (χ1v) is 12.6. The molecule has 3 aromatic rings. The summed E-state index contributed by atoms with van der Waals surface area (Å²) >= 11 is 8.70. The normalized spacial score (nSPS) is 15.9. The van der Waals surface area contributed by atoms with Crippen LogP contribution in [0.5, 0.6) is 0 Å². The largest absolute Gasteiger partial charge is 0.302 e. The van der Waals surface area contributed by atoms with E-state index < -0.39 is 15.8 Å². The number of carbonyl (C=O) groups is 1. The predicted molar refractivity (Wildman–Crippen MR) is 117 cm³/mol. The molecule has 158 valence electrons. The topological polar surface area (TPSA) is 79.4 Å². The van der Waals surface area contributed by atoms with Gasteiger partial charge in [0.1, 0.15) is 5.82 Å². The summed E-state index contributed by atoms with van der Waals surface area (Å²) in [5, 5.41) is 5.19. The summed E-state index contributed by atoms with van der Waals surface area (Å²) in [6, 6.07) is 8.44. The molecule has 1 aromatic carbocycles. The highest BCUT2D eigenvalue weighted by molar-refractivity contribution is 7.89. The fourth-order valence-electron chi connectivity index (χ4n) is 3.22. The third kappa shape index (κ3) is 4.57. The number of benzene rings is 1. The van der Waals surface area contributed by atoms with E-state index in [2.05, 4.69) is 10.3 Å². The first kappa shape index (κ1) is 21.4. The van der Waals surface area contributed by atoms with Crippen molar-refractivity contribution in [3.63, 3.8) is 0 Å². The number of anilines is 1. The van der Waals surface area contributed by atoms with Gasteiger partial charge in [0.15, 0.2) is 5.13 Å². The van der Waals surface area contributed by atoms with E-state index >= 15 is 0 Å². The van der Waals surface area contributed by atoms with Crippen LogP contribution in [0.1, 0.15) is 12.8 Å². The zero-order valence-corrected chi connectivity index (χ0v) is 18.8. The average molecular weight is 486 g/mol. The second-order valence-corrected chi connectivity index (χ2v) is 11.3. The minimum Gasteiger partial charge on any atom is -0.302 e. The molecule has 0 radical (unpaired) electrons. The molecule has 0 unspecified atom stereocenters. The third-order valence-electron chi connectivity index (χ3n) is 4.84. The molecule has 1 aliphatic rings. The Morgan fingerprint density at radius 1 is 1.17 bits per heavy atom. The van der Waals surface area contributed by atoms with Crippen LogP contribution in [0.25, 0.3) is 10.6 Å². The zero-order valence-electron chi connectivity index (χ0n) is 15.5. The molecule has 0 spiro atoms. The second-order valence-electron chi connectivity index (χ2n) is 6.76. The van der Waals surface area contributed by atoms with Gasteiger partial charge in [0, 0.05) is 24.4 Å². The van der Waals surface area contributed by atoms with Crippen molar-refractivity contribution in [1.82, 2.24) is 9.29 Å². The van der Waals surface area contributed by atoms with Gasteiger partial charge in [0.25, 0.3) is 0 Å². The molecule has 11 heteroatoms. The Balaban J connectivity index is 1.35. The van der Waals surface area contributed by atoms with Gasteiger partial charge in [-0.15, -0.1) is 22.7 Å². The number of carbonyl (C=O) groups excluding carboxylic acids is 1. The number of nitrogens with one attached hydrogen (secondary N) is 1. The summed E-state index contributed by atoms with van der Waals surface area (Å²) in [4.78, 5) is 18.0. The van der Waals surface area contributed by atoms with E-state index in [1.807, 2.05) is 11.4 Å². The standard InChI is InChI=1S/C19H17ClFN3O3S3/c20-17-6-5-16(29-17)15-11-28-19(22-15)23-18(25)12-7-9-24(10-8-12)30(26,27)14-3-1-13(21)2-4-14/h1-6,11-12H,7-10H2,(H,22,23,25). The number of piperidine rings is 1. The lowest BCUT2D eigenvalue weighted by molar-refractivity contribution is -0.120. The Morgan fingerprint density at radius 2 is 1.87 bits per heavy atom. The fraction of sp³-hybridized carbons (Fsp3) is 0.263. The van der Waals surface area contributed by atoms with E-state index in [1.165, 1.54) is 39.1 Å². The number of nitrogens with zero attached hydrogens (tertiary/aromatic N) is 2. The Labute approximate surface area is 186 Å². The van der Waals surface area contributed by atoms with Crippen molar-refractivity contribution in [1.29, 1.82) is 0 Å². The molecular weight excluding hydrogens is 469 g/mol. The van der Waals surface area contributed by atoms with Crippen molar-refractivity contribution in [2.24, 2.45) is 5.92 Å². The van der Waals surface area contributed by atoms with Crippen LogP contribution in [0, 0.1) is 11.7 Å². The van der Waals surface area contributed by atoms with Gasteiger partial charge in [0.05, 0.1) is 19.8 Å². The van der Waals surface area contributed by atoms with E-state index in [0.717, 1.165) is 22.7 Å². The van der Waals surface area contributed by atoms with Crippen molar-refractivity contribution in [2.45, 2.75) is 17.7 Å². The van der Waals surface area contributed by atoms with E-state index in [0.29, 0.717) is 22.3 Å². The van der Waals surface area contributed by atoms with Gasteiger partial charge in [-0.05, 0) is 49.2 Å². The smallest absolute Gasteiger partial charge is 0.243 e. The maximum Gasteiger partial charge on any atom is 0.243 e. The van der Waals surface area contributed by atoms with Crippen molar-refractivity contribution in [3.8, 4) is 10.6 Å². The second kappa shape index (κ2) is 8.72. The van der Waals surface area contributed by atoms with Gasteiger partial charge >= 0.3 is 0 Å².